The Morgan fingerprint density at radius 2 is 1.93 bits per heavy atom. The Balaban J connectivity index is 1.74. The number of nitrogens with zero attached hydrogens (tertiary/aromatic N) is 2. The Morgan fingerprint density at radius 3 is 2.63 bits per heavy atom. The summed E-state index contributed by atoms with van der Waals surface area (Å²) < 4.78 is 10.6. The quantitative estimate of drug-likeness (QED) is 0.650. The number of pyridine rings is 1. The first-order valence-electron chi connectivity index (χ1n) is 9.92. The number of carbonyl (C=O) groups is 1. The van der Waals surface area contributed by atoms with Crippen LogP contribution >= 0.6 is 11.6 Å². The van der Waals surface area contributed by atoms with Gasteiger partial charge in [0.2, 0.25) is 0 Å². The lowest BCUT2D eigenvalue weighted by Gasteiger charge is -2.28. The van der Waals surface area contributed by atoms with Crippen LogP contribution in [0.4, 0.5) is 5.69 Å². The number of rotatable bonds is 5. The van der Waals surface area contributed by atoms with E-state index in [1.165, 1.54) is 0 Å². The van der Waals surface area contributed by atoms with Crippen molar-refractivity contribution in [1.82, 2.24) is 9.88 Å². The van der Waals surface area contributed by atoms with Crippen molar-refractivity contribution in [2.24, 2.45) is 0 Å². The maximum Gasteiger partial charge on any atom is 0.257 e. The molecule has 1 fully saturated rings. The fraction of sp³-hybridized carbons (Fsp3) is 0.304. The standard InChI is InChI=1S/C23H24ClN3O3/c1-15(16-3-6-18(29-2)7-4-16)26-22-19-13-17(24)5-8-21(19)25-14-20(22)23(28)27-9-11-30-12-10-27/h3-8,13-15H,9-12H2,1-2H3,(H,25,26)/t15-/m0/s1. The van der Waals surface area contributed by atoms with Gasteiger partial charge in [-0.15, -0.1) is 0 Å². The van der Waals surface area contributed by atoms with Crippen LogP contribution in [0.5, 0.6) is 5.75 Å². The summed E-state index contributed by atoms with van der Waals surface area (Å²) in [4.78, 5) is 19.6. The molecule has 3 aromatic rings. The van der Waals surface area contributed by atoms with Gasteiger partial charge in [-0.2, -0.15) is 0 Å². The molecule has 1 atom stereocenters. The monoisotopic (exact) mass is 425 g/mol. The third kappa shape index (κ3) is 4.20. The molecule has 1 N–H and O–H groups in total. The molecule has 1 aromatic heterocycles. The molecule has 1 aliphatic heterocycles. The van der Waals surface area contributed by atoms with Crippen molar-refractivity contribution in [2.75, 3.05) is 38.7 Å². The molecule has 0 spiro atoms. The van der Waals surface area contributed by atoms with Crippen molar-refractivity contribution in [1.29, 1.82) is 0 Å². The average Bonchev–Trinajstić information content (AvgIpc) is 2.79. The second-order valence-corrected chi connectivity index (χ2v) is 7.69. The molecule has 30 heavy (non-hydrogen) atoms. The molecule has 156 valence electrons. The fourth-order valence-corrected chi connectivity index (χ4v) is 3.78. The van der Waals surface area contributed by atoms with E-state index in [1.54, 1.807) is 24.3 Å². The summed E-state index contributed by atoms with van der Waals surface area (Å²) >= 11 is 6.28. The second-order valence-electron chi connectivity index (χ2n) is 7.25. The largest absolute Gasteiger partial charge is 0.497 e. The molecule has 2 aromatic carbocycles. The number of hydrogen-bond acceptors (Lipinski definition) is 5. The lowest BCUT2D eigenvalue weighted by Crippen LogP contribution is -2.41. The van der Waals surface area contributed by atoms with Crippen LogP contribution in [0.15, 0.2) is 48.7 Å². The van der Waals surface area contributed by atoms with Crippen LogP contribution in [0.1, 0.15) is 28.9 Å². The fourth-order valence-electron chi connectivity index (χ4n) is 3.61. The zero-order valence-electron chi connectivity index (χ0n) is 17.0. The molecular weight excluding hydrogens is 402 g/mol. The smallest absolute Gasteiger partial charge is 0.257 e. The van der Waals surface area contributed by atoms with Crippen LogP contribution in [-0.2, 0) is 4.74 Å². The van der Waals surface area contributed by atoms with E-state index in [9.17, 15) is 4.79 Å². The topological polar surface area (TPSA) is 63.7 Å². The minimum atomic E-state index is -0.0582. The van der Waals surface area contributed by atoms with E-state index in [4.69, 9.17) is 21.1 Å². The summed E-state index contributed by atoms with van der Waals surface area (Å²) in [6.45, 7) is 4.29. The molecule has 1 aliphatic rings. The van der Waals surface area contributed by atoms with Crippen LogP contribution < -0.4 is 10.1 Å². The summed E-state index contributed by atoms with van der Waals surface area (Å²) in [5.41, 5.74) is 3.13. The van der Waals surface area contributed by atoms with Crippen molar-refractivity contribution in [2.45, 2.75) is 13.0 Å². The maximum atomic E-state index is 13.3. The highest BCUT2D eigenvalue weighted by molar-refractivity contribution is 6.31. The summed E-state index contributed by atoms with van der Waals surface area (Å²) in [6, 6.07) is 13.3. The van der Waals surface area contributed by atoms with E-state index in [1.807, 2.05) is 36.4 Å². The van der Waals surface area contributed by atoms with E-state index < -0.39 is 0 Å². The Labute approximate surface area is 180 Å². The third-order valence-corrected chi connectivity index (χ3v) is 5.57. The summed E-state index contributed by atoms with van der Waals surface area (Å²) in [5.74, 6) is 0.743. The Bertz CT molecular complexity index is 1050. The predicted octanol–water partition coefficient (Wildman–Crippen LogP) is 4.54. The first-order chi connectivity index (χ1) is 14.6. The molecule has 0 aliphatic carbocycles. The van der Waals surface area contributed by atoms with Gasteiger partial charge >= 0.3 is 0 Å². The molecule has 7 heteroatoms. The summed E-state index contributed by atoms with van der Waals surface area (Å²) in [5, 5.41) is 4.96. The molecule has 1 amide bonds. The van der Waals surface area contributed by atoms with Gasteiger partial charge in [-0.05, 0) is 42.8 Å². The van der Waals surface area contributed by atoms with Crippen molar-refractivity contribution >= 4 is 34.1 Å². The van der Waals surface area contributed by atoms with Crippen LogP contribution in [0.3, 0.4) is 0 Å². The van der Waals surface area contributed by atoms with Gasteiger partial charge in [-0.3, -0.25) is 9.78 Å². The number of amides is 1. The highest BCUT2D eigenvalue weighted by atomic mass is 35.5. The number of carbonyl (C=O) groups excluding carboxylic acids is 1. The number of aromatic nitrogens is 1. The lowest BCUT2D eigenvalue weighted by atomic mass is 10.0. The van der Waals surface area contributed by atoms with E-state index in [2.05, 4.69) is 17.2 Å². The van der Waals surface area contributed by atoms with Crippen LogP contribution in [0, 0.1) is 0 Å². The highest BCUT2D eigenvalue weighted by Crippen LogP contribution is 2.32. The molecule has 6 nitrogen and oxygen atoms in total. The number of morpholine rings is 1. The zero-order chi connectivity index (χ0) is 21.1. The van der Waals surface area contributed by atoms with Gasteiger partial charge in [0, 0.05) is 35.7 Å². The van der Waals surface area contributed by atoms with Gasteiger partial charge in [-0.1, -0.05) is 23.7 Å². The van der Waals surface area contributed by atoms with Crippen molar-refractivity contribution < 1.29 is 14.3 Å². The number of fused-ring (bicyclic) bond motifs is 1. The number of halogens is 1. The van der Waals surface area contributed by atoms with E-state index >= 15 is 0 Å². The summed E-state index contributed by atoms with van der Waals surface area (Å²) in [6.07, 6.45) is 1.65. The molecule has 2 heterocycles. The maximum absolute atomic E-state index is 13.3. The van der Waals surface area contributed by atoms with E-state index in [0.29, 0.717) is 36.9 Å². The highest BCUT2D eigenvalue weighted by Gasteiger charge is 2.24. The van der Waals surface area contributed by atoms with Gasteiger partial charge in [0.15, 0.2) is 0 Å². The molecule has 0 unspecified atom stereocenters. The van der Waals surface area contributed by atoms with Gasteiger partial charge in [0.05, 0.1) is 37.1 Å². The number of hydrogen-bond donors (Lipinski definition) is 1. The first kappa shape index (κ1) is 20.4. The average molecular weight is 426 g/mol. The minimum Gasteiger partial charge on any atom is -0.497 e. The lowest BCUT2D eigenvalue weighted by molar-refractivity contribution is 0.0303. The van der Waals surface area contributed by atoms with Crippen LogP contribution in [-0.4, -0.2) is 49.2 Å². The van der Waals surface area contributed by atoms with Crippen LogP contribution in [0.25, 0.3) is 10.9 Å². The zero-order valence-corrected chi connectivity index (χ0v) is 17.8. The molecule has 4 rings (SSSR count). The number of benzene rings is 2. The SMILES string of the molecule is COc1ccc([C@H](C)Nc2c(C(=O)N3CCOCC3)cnc3ccc(Cl)cc23)cc1. The Hall–Kier alpha value is -2.83. The van der Waals surface area contributed by atoms with E-state index in [-0.39, 0.29) is 11.9 Å². The summed E-state index contributed by atoms with van der Waals surface area (Å²) in [7, 11) is 1.65. The second kappa shape index (κ2) is 8.90. The van der Waals surface area contributed by atoms with Crippen LogP contribution in [0.2, 0.25) is 5.02 Å². The normalized spacial score (nSPS) is 15.1. The third-order valence-electron chi connectivity index (χ3n) is 5.34. The molecular formula is C23H24ClN3O3. The number of methoxy groups -OCH3 is 1. The van der Waals surface area contributed by atoms with Crippen molar-refractivity contribution in [3.63, 3.8) is 0 Å². The predicted molar refractivity (Wildman–Crippen MR) is 119 cm³/mol. The van der Waals surface area contributed by atoms with Gasteiger partial charge in [-0.25, -0.2) is 0 Å². The molecule has 0 saturated carbocycles. The Morgan fingerprint density at radius 1 is 1.20 bits per heavy atom. The molecule has 0 bridgehead atoms. The van der Waals surface area contributed by atoms with Gasteiger partial charge in [0.1, 0.15) is 5.75 Å². The minimum absolute atomic E-state index is 0.0447. The van der Waals surface area contributed by atoms with Gasteiger partial charge < -0.3 is 19.7 Å². The van der Waals surface area contributed by atoms with Crippen molar-refractivity contribution in [3.8, 4) is 5.75 Å². The van der Waals surface area contributed by atoms with Crippen molar-refractivity contribution in [3.05, 3.63) is 64.8 Å². The number of nitrogens with one attached hydrogen (secondary N) is 1. The number of ether oxygens (including phenoxy) is 2. The first-order valence-corrected chi connectivity index (χ1v) is 10.3. The van der Waals surface area contributed by atoms with E-state index in [0.717, 1.165) is 27.9 Å². The molecule has 1 saturated heterocycles. The molecule has 0 radical (unpaired) electrons. The van der Waals surface area contributed by atoms with Gasteiger partial charge in [0.25, 0.3) is 5.91 Å². The Kier molecular flexibility index (Phi) is 6.06. The number of anilines is 1.